The van der Waals surface area contributed by atoms with Gasteiger partial charge in [-0.15, -0.1) is 0 Å². The summed E-state index contributed by atoms with van der Waals surface area (Å²) in [4.78, 5) is 35.2. The number of benzene rings is 2. The first-order valence-corrected chi connectivity index (χ1v) is 8.78. The fraction of sp³-hybridized carbons (Fsp3) is 0.190. The Morgan fingerprint density at radius 3 is 2.64 bits per heavy atom. The molecule has 0 aliphatic heterocycles. The fourth-order valence-electron chi connectivity index (χ4n) is 2.91. The second kappa shape index (κ2) is 7.96. The molecule has 3 rings (SSSR count). The van der Waals surface area contributed by atoms with Gasteiger partial charge in [-0.25, -0.2) is 0 Å². The molecule has 0 saturated carbocycles. The molecule has 0 saturated heterocycles. The first-order chi connectivity index (χ1) is 13.3. The Labute approximate surface area is 161 Å². The largest absolute Gasteiger partial charge is 0.464 e. The number of hydrogen-bond donors (Lipinski definition) is 3. The first-order valence-electron chi connectivity index (χ1n) is 8.78. The zero-order valence-corrected chi connectivity index (χ0v) is 15.7. The number of fused-ring (bicyclic) bond motifs is 1. The van der Waals surface area contributed by atoms with Crippen LogP contribution in [0, 0.1) is 13.8 Å². The van der Waals surface area contributed by atoms with Crippen molar-refractivity contribution >= 4 is 34.4 Å². The summed E-state index contributed by atoms with van der Waals surface area (Å²) >= 11 is 0. The lowest BCUT2D eigenvalue weighted by Crippen LogP contribution is -2.33. The summed E-state index contributed by atoms with van der Waals surface area (Å²) in [6, 6.07) is 10.4. The SMILES string of the molecule is Cc1ccc2c(CC(=O)Nc3cccc(C(=O)NCC(N)=O)c3)coc2c1C. The Bertz CT molecular complexity index is 1070. The number of anilines is 1. The van der Waals surface area contributed by atoms with Gasteiger partial charge in [0.05, 0.1) is 19.2 Å². The van der Waals surface area contributed by atoms with E-state index in [1.165, 1.54) is 6.07 Å². The zero-order valence-electron chi connectivity index (χ0n) is 15.7. The second-order valence-electron chi connectivity index (χ2n) is 6.60. The van der Waals surface area contributed by atoms with Gasteiger partial charge in [-0.3, -0.25) is 14.4 Å². The van der Waals surface area contributed by atoms with E-state index in [1.807, 2.05) is 26.0 Å². The van der Waals surface area contributed by atoms with E-state index in [1.54, 1.807) is 24.5 Å². The molecule has 1 heterocycles. The lowest BCUT2D eigenvalue weighted by molar-refractivity contribution is -0.117. The minimum atomic E-state index is -0.629. The van der Waals surface area contributed by atoms with Gasteiger partial charge in [0.25, 0.3) is 5.91 Å². The van der Waals surface area contributed by atoms with Crippen molar-refractivity contribution in [3.63, 3.8) is 0 Å². The molecule has 0 unspecified atom stereocenters. The number of carbonyl (C=O) groups excluding carboxylic acids is 3. The van der Waals surface area contributed by atoms with E-state index >= 15 is 0 Å². The van der Waals surface area contributed by atoms with Crippen LogP contribution >= 0.6 is 0 Å². The highest BCUT2D eigenvalue weighted by Gasteiger charge is 2.14. The molecule has 7 nitrogen and oxygen atoms in total. The van der Waals surface area contributed by atoms with E-state index in [2.05, 4.69) is 10.6 Å². The second-order valence-corrected chi connectivity index (χ2v) is 6.60. The van der Waals surface area contributed by atoms with Gasteiger partial charge in [-0.2, -0.15) is 0 Å². The minimum absolute atomic E-state index is 0.146. The number of aryl methyl sites for hydroxylation is 2. The third-order valence-electron chi connectivity index (χ3n) is 4.52. The van der Waals surface area contributed by atoms with Crippen LogP contribution in [0.5, 0.6) is 0 Å². The van der Waals surface area contributed by atoms with E-state index in [0.29, 0.717) is 11.3 Å². The summed E-state index contributed by atoms with van der Waals surface area (Å²) < 4.78 is 5.64. The molecular formula is C21H21N3O4. The highest BCUT2D eigenvalue weighted by Crippen LogP contribution is 2.27. The van der Waals surface area contributed by atoms with Gasteiger partial charge in [-0.05, 0) is 43.2 Å². The van der Waals surface area contributed by atoms with Crippen LogP contribution in [0.1, 0.15) is 27.0 Å². The highest BCUT2D eigenvalue weighted by molar-refractivity contribution is 5.99. The van der Waals surface area contributed by atoms with Crippen LogP contribution in [-0.4, -0.2) is 24.3 Å². The maximum absolute atomic E-state index is 12.5. The topological polar surface area (TPSA) is 114 Å². The third kappa shape index (κ3) is 4.20. The molecule has 0 aliphatic carbocycles. The molecular weight excluding hydrogens is 358 g/mol. The standard InChI is InChI=1S/C21H21N3O4/c1-12-6-7-17-15(11-28-20(17)13(12)2)9-19(26)24-16-5-3-4-14(8-16)21(27)23-10-18(22)25/h3-8,11H,9-10H2,1-2H3,(H2,22,25)(H,23,27)(H,24,26). The fourth-order valence-corrected chi connectivity index (χ4v) is 2.91. The average molecular weight is 379 g/mol. The van der Waals surface area contributed by atoms with E-state index in [-0.39, 0.29) is 18.9 Å². The number of amides is 3. The van der Waals surface area contributed by atoms with Crippen molar-refractivity contribution in [1.82, 2.24) is 5.32 Å². The Balaban J connectivity index is 1.70. The van der Waals surface area contributed by atoms with Gasteiger partial charge in [0, 0.05) is 22.2 Å². The van der Waals surface area contributed by atoms with Gasteiger partial charge < -0.3 is 20.8 Å². The summed E-state index contributed by atoms with van der Waals surface area (Å²) in [6.07, 6.45) is 1.75. The molecule has 0 aliphatic rings. The van der Waals surface area contributed by atoms with Crippen LogP contribution < -0.4 is 16.4 Å². The van der Waals surface area contributed by atoms with Crippen LogP contribution in [0.3, 0.4) is 0 Å². The molecule has 4 N–H and O–H groups in total. The molecule has 0 spiro atoms. The molecule has 144 valence electrons. The van der Waals surface area contributed by atoms with Gasteiger partial charge in [-0.1, -0.05) is 18.2 Å². The molecule has 2 aromatic carbocycles. The van der Waals surface area contributed by atoms with Crippen LogP contribution in [-0.2, 0) is 16.0 Å². The van der Waals surface area contributed by atoms with E-state index < -0.39 is 11.8 Å². The van der Waals surface area contributed by atoms with E-state index in [9.17, 15) is 14.4 Å². The average Bonchev–Trinajstić information content (AvgIpc) is 3.06. The van der Waals surface area contributed by atoms with E-state index in [4.69, 9.17) is 10.2 Å². The van der Waals surface area contributed by atoms with Gasteiger partial charge in [0.1, 0.15) is 5.58 Å². The molecule has 28 heavy (non-hydrogen) atoms. The Morgan fingerprint density at radius 2 is 1.89 bits per heavy atom. The molecule has 3 amide bonds. The van der Waals surface area contributed by atoms with Crippen LogP contribution in [0.4, 0.5) is 5.69 Å². The van der Waals surface area contributed by atoms with Crippen LogP contribution in [0.2, 0.25) is 0 Å². The number of hydrogen-bond acceptors (Lipinski definition) is 4. The Kier molecular flexibility index (Phi) is 5.44. The molecule has 0 fully saturated rings. The zero-order chi connectivity index (χ0) is 20.3. The Hall–Kier alpha value is -3.61. The van der Waals surface area contributed by atoms with Crippen molar-refractivity contribution in [2.45, 2.75) is 20.3 Å². The summed E-state index contributed by atoms with van der Waals surface area (Å²) in [7, 11) is 0. The minimum Gasteiger partial charge on any atom is -0.464 e. The van der Waals surface area contributed by atoms with E-state index in [0.717, 1.165) is 27.7 Å². The normalized spacial score (nSPS) is 10.6. The Morgan fingerprint density at radius 1 is 1.11 bits per heavy atom. The summed E-state index contributed by atoms with van der Waals surface area (Å²) in [5, 5.41) is 6.10. The van der Waals surface area contributed by atoms with Crippen LogP contribution in [0.15, 0.2) is 47.1 Å². The van der Waals surface area contributed by atoms with Crippen molar-refractivity contribution in [3.05, 3.63) is 64.9 Å². The smallest absolute Gasteiger partial charge is 0.251 e. The molecule has 0 bridgehead atoms. The number of primary amides is 1. The van der Waals surface area contributed by atoms with Crippen molar-refractivity contribution < 1.29 is 18.8 Å². The summed E-state index contributed by atoms with van der Waals surface area (Å²) in [5.74, 6) is -1.30. The quantitative estimate of drug-likeness (QED) is 0.610. The van der Waals surface area contributed by atoms with Gasteiger partial charge >= 0.3 is 0 Å². The van der Waals surface area contributed by atoms with Crippen molar-refractivity contribution in [1.29, 1.82) is 0 Å². The summed E-state index contributed by atoms with van der Waals surface area (Å²) in [6.45, 7) is 3.75. The third-order valence-corrected chi connectivity index (χ3v) is 4.52. The number of nitrogens with one attached hydrogen (secondary N) is 2. The number of nitrogens with two attached hydrogens (primary N) is 1. The van der Waals surface area contributed by atoms with Gasteiger partial charge in [0.2, 0.25) is 11.8 Å². The molecule has 0 atom stereocenters. The lowest BCUT2D eigenvalue weighted by atomic mass is 10.0. The lowest BCUT2D eigenvalue weighted by Gasteiger charge is -2.08. The van der Waals surface area contributed by atoms with Crippen molar-refractivity contribution in [3.8, 4) is 0 Å². The maximum atomic E-state index is 12.5. The molecule has 7 heteroatoms. The predicted octanol–water partition coefficient (Wildman–Crippen LogP) is 2.45. The monoisotopic (exact) mass is 379 g/mol. The predicted molar refractivity (Wildman–Crippen MR) is 106 cm³/mol. The first kappa shape index (κ1) is 19.2. The summed E-state index contributed by atoms with van der Waals surface area (Å²) in [5.41, 5.74) is 9.59. The maximum Gasteiger partial charge on any atom is 0.251 e. The van der Waals surface area contributed by atoms with Crippen LogP contribution in [0.25, 0.3) is 11.0 Å². The molecule has 1 aromatic heterocycles. The molecule has 3 aromatic rings. The van der Waals surface area contributed by atoms with Gasteiger partial charge in [0.15, 0.2) is 0 Å². The van der Waals surface area contributed by atoms with Crippen molar-refractivity contribution in [2.24, 2.45) is 5.73 Å². The highest BCUT2D eigenvalue weighted by atomic mass is 16.3. The van der Waals surface area contributed by atoms with Crippen molar-refractivity contribution in [2.75, 3.05) is 11.9 Å². The number of rotatable bonds is 6. The number of furan rings is 1. The molecule has 0 radical (unpaired) electrons. The number of carbonyl (C=O) groups is 3.